The number of rotatable bonds is 9. The number of ether oxygens (including phenoxy) is 2. The van der Waals surface area contributed by atoms with Crippen molar-refractivity contribution in [1.29, 1.82) is 0 Å². The third kappa shape index (κ3) is 7.13. The summed E-state index contributed by atoms with van der Waals surface area (Å²) < 4.78 is 10.8. The first-order valence-corrected chi connectivity index (χ1v) is 6.92. The van der Waals surface area contributed by atoms with Crippen molar-refractivity contribution in [1.82, 2.24) is 10.3 Å². The van der Waals surface area contributed by atoms with Gasteiger partial charge < -0.3 is 14.8 Å². The highest BCUT2D eigenvalue weighted by atomic mass is 16.5. The van der Waals surface area contributed by atoms with Gasteiger partial charge in [0, 0.05) is 37.5 Å². The first-order chi connectivity index (χ1) is 9.11. The molecular weight excluding hydrogens is 240 g/mol. The lowest BCUT2D eigenvalue weighted by atomic mass is 10.1. The average molecular weight is 266 g/mol. The van der Waals surface area contributed by atoms with Gasteiger partial charge in [0.15, 0.2) is 0 Å². The van der Waals surface area contributed by atoms with E-state index in [1.54, 1.807) is 7.11 Å². The number of methoxy groups -OCH3 is 1. The van der Waals surface area contributed by atoms with E-state index in [2.05, 4.69) is 24.1 Å². The first-order valence-electron chi connectivity index (χ1n) is 6.92. The van der Waals surface area contributed by atoms with Crippen molar-refractivity contribution < 1.29 is 9.47 Å². The molecule has 0 spiro atoms. The summed E-state index contributed by atoms with van der Waals surface area (Å²) in [6, 6.07) is 3.89. The van der Waals surface area contributed by atoms with E-state index in [9.17, 15) is 0 Å². The van der Waals surface area contributed by atoms with Gasteiger partial charge in [-0.1, -0.05) is 13.8 Å². The van der Waals surface area contributed by atoms with Gasteiger partial charge in [-0.25, -0.2) is 0 Å². The highest BCUT2D eigenvalue weighted by Crippen LogP contribution is 2.12. The number of hydrogen-bond donors (Lipinski definition) is 1. The molecule has 1 heterocycles. The molecule has 0 fully saturated rings. The van der Waals surface area contributed by atoms with E-state index >= 15 is 0 Å². The molecule has 0 aliphatic carbocycles. The van der Waals surface area contributed by atoms with Crippen molar-refractivity contribution in [3.63, 3.8) is 0 Å². The van der Waals surface area contributed by atoms with Crippen LogP contribution in [0.15, 0.2) is 12.1 Å². The Bertz CT molecular complexity index is 367. The quantitative estimate of drug-likeness (QED) is 0.698. The Morgan fingerprint density at radius 3 is 2.74 bits per heavy atom. The van der Waals surface area contributed by atoms with Crippen LogP contribution in [-0.4, -0.2) is 31.9 Å². The number of aryl methyl sites for hydroxylation is 1. The summed E-state index contributed by atoms with van der Waals surface area (Å²) in [5.41, 5.74) is 1.98. The second kappa shape index (κ2) is 8.88. The van der Waals surface area contributed by atoms with Gasteiger partial charge in [-0.15, -0.1) is 0 Å². The van der Waals surface area contributed by atoms with Crippen LogP contribution in [0.2, 0.25) is 0 Å². The number of hydrogen-bond acceptors (Lipinski definition) is 4. The van der Waals surface area contributed by atoms with Crippen molar-refractivity contribution in [2.24, 2.45) is 5.92 Å². The maximum absolute atomic E-state index is 5.54. The number of aromatic nitrogens is 1. The summed E-state index contributed by atoms with van der Waals surface area (Å²) in [7, 11) is 1.68. The Kier molecular flexibility index (Phi) is 7.45. The Hall–Kier alpha value is -1.13. The molecule has 1 aromatic rings. The lowest BCUT2D eigenvalue weighted by Gasteiger charge is -2.09. The van der Waals surface area contributed by atoms with Crippen molar-refractivity contribution in [2.75, 3.05) is 26.9 Å². The largest absolute Gasteiger partial charge is 0.497 e. The molecule has 0 unspecified atom stereocenters. The van der Waals surface area contributed by atoms with Gasteiger partial charge in [-0.3, -0.25) is 4.98 Å². The second-order valence-corrected chi connectivity index (χ2v) is 5.11. The highest BCUT2D eigenvalue weighted by Gasteiger charge is 2.00. The fraction of sp³-hybridized carbons (Fsp3) is 0.667. The van der Waals surface area contributed by atoms with Crippen LogP contribution in [0.3, 0.4) is 0 Å². The standard InChI is InChI=1S/C15H26N2O2/c1-12(2)5-7-19-8-6-16-11-14-10-15(18-4)9-13(3)17-14/h9-10,12,16H,5-8,11H2,1-4H3. The molecule has 0 atom stereocenters. The van der Waals surface area contributed by atoms with Crippen LogP contribution in [0.25, 0.3) is 0 Å². The first kappa shape index (κ1) is 15.9. The number of pyridine rings is 1. The molecule has 108 valence electrons. The van der Waals surface area contributed by atoms with Crippen molar-refractivity contribution >= 4 is 0 Å². The van der Waals surface area contributed by atoms with E-state index in [4.69, 9.17) is 9.47 Å². The summed E-state index contributed by atoms with van der Waals surface area (Å²) in [6.07, 6.45) is 1.12. The van der Waals surface area contributed by atoms with Crippen LogP contribution in [0.1, 0.15) is 31.7 Å². The van der Waals surface area contributed by atoms with E-state index in [1.165, 1.54) is 0 Å². The molecule has 0 amide bonds. The minimum atomic E-state index is 0.705. The third-order valence-electron chi connectivity index (χ3n) is 2.78. The summed E-state index contributed by atoms with van der Waals surface area (Å²) in [4.78, 5) is 4.46. The van der Waals surface area contributed by atoms with E-state index in [-0.39, 0.29) is 0 Å². The molecule has 4 heteroatoms. The smallest absolute Gasteiger partial charge is 0.122 e. The molecule has 0 aromatic carbocycles. The summed E-state index contributed by atoms with van der Waals surface area (Å²) >= 11 is 0. The van der Waals surface area contributed by atoms with Crippen LogP contribution in [0, 0.1) is 12.8 Å². The maximum atomic E-state index is 5.54. The Morgan fingerprint density at radius 1 is 1.26 bits per heavy atom. The maximum Gasteiger partial charge on any atom is 0.122 e. The fourth-order valence-electron chi connectivity index (χ4n) is 1.69. The molecular formula is C15H26N2O2. The average Bonchev–Trinajstić information content (AvgIpc) is 2.36. The zero-order valence-corrected chi connectivity index (χ0v) is 12.5. The van der Waals surface area contributed by atoms with E-state index in [1.807, 2.05) is 19.1 Å². The zero-order chi connectivity index (χ0) is 14.1. The SMILES string of the molecule is COc1cc(C)nc(CNCCOCCC(C)C)c1. The van der Waals surface area contributed by atoms with Gasteiger partial charge in [-0.05, 0) is 19.3 Å². The van der Waals surface area contributed by atoms with Crippen molar-refractivity contribution in [3.05, 3.63) is 23.5 Å². The predicted octanol–water partition coefficient (Wildman–Crippen LogP) is 2.55. The molecule has 0 saturated carbocycles. The number of nitrogens with zero attached hydrogens (tertiary/aromatic N) is 1. The van der Waals surface area contributed by atoms with Gasteiger partial charge in [0.1, 0.15) is 5.75 Å². The highest BCUT2D eigenvalue weighted by molar-refractivity contribution is 5.26. The van der Waals surface area contributed by atoms with Crippen LogP contribution >= 0.6 is 0 Å². The lowest BCUT2D eigenvalue weighted by molar-refractivity contribution is 0.125. The molecule has 0 saturated heterocycles. The van der Waals surface area contributed by atoms with Gasteiger partial charge >= 0.3 is 0 Å². The second-order valence-electron chi connectivity index (χ2n) is 5.11. The van der Waals surface area contributed by atoms with Crippen LogP contribution in [0.4, 0.5) is 0 Å². The molecule has 0 bridgehead atoms. The molecule has 0 aliphatic heterocycles. The third-order valence-corrected chi connectivity index (χ3v) is 2.78. The molecule has 1 aromatic heterocycles. The zero-order valence-electron chi connectivity index (χ0n) is 12.5. The van der Waals surface area contributed by atoms with E-state index in [0.29, 0.717) is 5.92 Å². The van der Waals surface area contributed by atoms with Gasteiger partial charge in [0.25, 0.3) is 0 Å². The van der Waals surface area contributed by atoms with Crippen molar-refractivity contribution in [3.8, 4) is 5.75 Å². The summed E-state index contributed by atoms with van der Waals surface area (Å²) in [6.45, 7) is 9.56. The molecule has 19 heavy (non-hydrogen) atoms. The fourth-order valence-corrected chi connectivity index (χ4v) is 1.69. The van der Waals surface area contributed by atoms with Crippen LogP contribution in [-0.2, 0) is 11.3 Å². The molecule has 1 N–H and O–H groups in total. The molecule has 0 aliphatic rings. The lowest BCUT2D eigenvalue weighted by Crippen LogP contribution is -2.20. The summed E-state index contributed by atoms with van der Waals surface area (Å²) in [5, 5.41) is 3.33. The Morgan fingerprint density at radius 2 is 2.05 bits per heavy atom. The Balaban J connectivity index is 2.17. The topological polar surface area (TPSA) is 43.4 Å². The van der Waals surface area contributed by atoms with Crippen molar-refractivity contribution in [2.45, 2.75) is 33.7 Å². The number of nitrogens with one attached hydrogen (secondary N) is 1. The van der Waals surface area contributed by atoms with E-state index in [0.717, 1.165) is 49.9 Å². The Labute approximate surface area is 116 Å². The van der Waals surface area contributed by atoms with E-state index < -0.39 is 0 Å². The van der Waals surface area contributed by atoms with Gasteiger partial charge in [-0.2, -0.15) is 0 Å². The normalized spacial score (nSPS) is 11.0. The molecule has 4 nitrogen and oxygen atoms in total. The van der Waals surface area contributed by atoms with Gasteiger partial charge in [0.05, 0.1) is 19.4 Å². The minimum Gasteiger partial charge on any atom is -0.497 e. The van der Waals surface area contributed by atoms with Crippen LogP contribution in [0.5, 0.6) is 5.75 Å². The minimum absolute atomic E-state index is 0.705. The molecule has 1 rings (SSSR count). The van der Waals surface area contributed by atoms with Gasteiger partial charge in [0.2, 0.25) is 0 Å². The predicted molar refractivity (Wildman–Crippen MR) is 77.5 cm³/mol. The van der Waals surface area contributed by atoms with Crippen LogP contribution < -0.4 is 10.1 Å². The molecule has 0 radical (unpaired) electrons. The monoisotopic (exact) mass is 266 g/mol. The summed E-state index contributed by atoms with van der Waals surface area (Å²) in [5.74, 6) is 1.56.